The number of thioether (sulfide) groups is 1. The lowest BCUT2D eigenvalue weighted by Crippen LogP contribution is -1.81. The van der Waals surface area contributed by atoms with E-state index in [9.17, 15) is 0 Å². The molecule has 0 saturated carbocycles. The first-order valence-corrected chi connectivity index (χ1v) is 4.63. The van der Waals surface area contributed by atoms with Crippen LogP contribution in [0.2, 0.25) is 0 Å². The number of rotatable bonds is 3. The molecule has 4 heteroatoms. The molecule has 1 aromatic rings. The van der Waals surface area contributed by atoms with Crippen LogP contribution in [-0.4, -0.2) is 13.4 Å². The normalized spacial score (nSPS) is 9.50. The van der Waals surface area contributed by atoms with E-state index < -0.39 is 0 Å². The van der Waals surface area contributed by atoms with Gasteiger partial charge in [-0.1, -0.05) is 0 Å². The third-order valence-electron chi connectivity index (χ3n) is 1.51. The largest absolute Gasteiger partial charge is 0.497 e. The van der Waals surface area contributed by atoms with E-state index in [1.807, 2.05) is 18.4 Å². The number of nitrogens with one attached hydrogen (secondary N) is 1. The van der Waals surface area contributed by atoms with Gasteiger partial charge in [-0.25, -0.2) is 5.53 Å². The minimum atomic E-state index is 0.654. The second-order valence-corrected chi connectivity index (χ2v) is 3.00. The zero-order chi connectivity index (χ0) is 8.97. The van der Waals surface area contributed by atoms with Crippen LogP contribution in [-0.2, 0) is 0 Å². The highest BCUT2D eigenvalue weighted by atomic mass is 32.2. The quantitative estimate of drug-likeness (QED) is 0.576. The van der Waals surface area contributed by atoms with Gasteiger partial charge in [0.2, 0.25) is 0 Å². The molecule has 1 aromatic carbocycles. The Balaban J connectivity index is 3.10. The van der Waals surface area contributed by atoms with Crippen LogP contribution in [0.15, 0.2) is 28.2 Å². The van der Waals surface area contributed by atoms with E-state index >= 15 is 0 Å². The van der Waals surface area contributed by atoms with Crippen LogP contribution in [0.1, 0.15) is 0 Å². The highest BCUT2D eigenvalue weighted by Gasteiger charge is 2.01. The number of hydrogen-bond donors (Lipinski definition) is 1. The van der Waals surface area contributed by atoms with Gasteiger partial charge in [-0.2, -0.15) is 5.11 Å². The molecule has 0 aliphatic carbocycles. The van der Waals surface area contributed by atoms with Gasteiger partial charge in [0.15, 0.2) is 0 Å². The van der Waals surface area contributed by atoms with Crippen LogP contribution >= 0.6 is 11.8 Å². The standard InChI is InChI=1S/C8H10N2OS/c1-11-6-3-4-8(12-2)7(5-6)10-9/h3-5,9H,1-2H3. The van der Waals surface area contributed by atoms with Crippen molar-refractivity contribution in [2.75, 3.05) is 13.4 Å². The summed E-state index contributed by atoms with van der Waals surface area (Å²) in [4.78, 5) is 0.991. The van der Waals surface area contributed by atoms with Crippen molar-refractivity contribution >= 4 is 17.4 Å². The minimum absolute atomic E-state index is 0.654. The SMILES string of the molecule is COc1ccc(SC)c(N=N)c1. The van der Waals surface area contributed by atoms with Crippen molar-refractivity contribution in [2.45, 2.75) is 4.90 Å². The molecule has 0 fully saturated rings. The van der Waals surface area contributed by atoms with E-state index in [4.69, 9.17) is 10.3 Å². The Kier molecular flexibility index (Phi) is 3.10. The number of nitrogens with zero attached hydrogens (tertiary/aromatic N) is 1. The average molecular weight is 182 g/mol. The third kappa shape index (κ3) is 1.76. The molecule has 0 heterocycles. The van der Waals surface area contributed by atoms with Gasteiger partial charge in [-0.15, -0.1) is 11.8 Å². The molecule has 0 aliphatic heterocycles. The zero-order valence-electron chi connectivity index (χ0n) is 7.00. The fourth-order valence-corrected chi connectivity index (χ4v) is 1.40. The summed E-state index contributed by atoms with van der Waals surface area (Å²) in [6.45, 7) is 0. The average Bonchev–Trinajstić information content (AvgIpc) is 2.16. The Bertz CT molecular complexity index is 288. The van der Waals surface area contributed by atoms with Gasteiger partial charge in [0.1, 0.15) is 11.4 Å². The summed E-state index contributed by atoms with van der Waals surface area (Å²) < 4.78 is 5.00. The molecule has 0 bridgehead atoms. The second kappa shape index (κ2) is 4.11. The maximum Gasteiger partial charge on any atom is 0.121 e. The van der Waals surface area contributed by atoms with Crippen molar-refractivity contribution in [1.82, 2.24) is 0 Å². The van der Waals surface area contributed by atoms with Crippen molar-refractivity contribution in [2.24, 2.45) is 5.11 Å². The molecule has 0 aromatic heterocycles. The minimum Gasteiger partial charge on any atom is -0.497 e. The second-order valence-electron chi connectivity index (χ2n) is 2.15. The Morgan fingerprint density at radius 2 is 2.25 bits per heavy atom. The zero-order valence-corrected chi connectivity index (χ0v) is 7.81. The Morgan fingerprint density at radius 3 is 2.75 bits per heavy atom. The van der Waals surface area contributed by atoms with Crippen LogP contribution in [0.3, 0.4) is 0 Å². The van der Waals surface area contributed by atoms with E-state index in [2.05, 4.69) is 5.11 Å². The first kappa shape index (κ1) is 9.06. The van der Waals surface area contributed by atoms with Crippen LogP contribution in [0, 0.1) is 5.53 Å². The fraction of sp³-hybridized carbons (Fsp3) is 0.250. The van der Waals surface area contributed by atoms with Crippen LogP contribution in [0.5, 0.6) is 5.75 Å². The number of hydrogen-bond acceptors (Lipinski definition) is 4. The molecule has 1 rings (SSSR count). The molecule has 64 valence electrons. The molecule has 0 spiro atoms. The maximum absolute atomic E-state index is 6.92. The Hall–Kier alpha value is -1.03. The highest BCUT2D eigenvalue weighted by molar-refractivity contribution is 7.98. The predicted molar refractivity (Wildman–Crippen MR) is 49.6 cm³/mol. The number of methoxy groups -OCH3 is 1. The van der Waals surface area contributed by atoms with E-state index in [0.29, 0.717) is 5.69 Å². The fourth-order valence-electron chi connectivity index (χ4n) is 0.884. The van der Waals surface area contributed by atoms with Gasteiger partial charge in [0, 0.05) is 11.0 Å². The number of benzene rings is 1. The highest BCUT2D eigenvalue weighted by Crippen LogP contribution is 2.31. The summed E-state index contributed by atoms with van der Waals surface area (Å²) in [5.74, 6) is 0.735. The van der Waals surface area contributed by atoms with Crippen molar-refractivity contribution in [3.05, 3.63) is 18.2 Å². The van der Waals surface area contributed by atoms with Crippen molar-refractivity contribution in [3.8, 4) is 5.75 Å². The van der Waals surface area contributed by atoms with Gasteiger partial charge < -0.3 is 4.74 Å². The molecule has 0 aliphatic rings. The summed E-state index contributed by atoms with van der Waals surface area (Å²) in [5, 5.41) is 3.40. The van der Waals surface area contributed by atoms with Gasteiger partial charge >= 0.3 is 0 Å². The van der Waals surface area contributed by atoms with E-state index in [0.717, 1.165) is 10.6 Å². The number of ether oxygens (including phenoxy) is 1. The van der Waals surface area contributed by atoms with E-state index in [1.54, 1.807) is 24.9 Å². The molecule has 0 unspecified atom stereocenters. The molecule has 0 amide bonds. The van der Waals surface area contributed by atoms with Gasteiger partial charge in [-0.3, -0.25) is 0 Å². The lowest BCUT2D eigenvalue weighted by Gasteiger charge is -2.03. The molecule has 0 atom stereocenters. The first-order valence-electron chi connectivity index (χ1n) is 3.41. The maximum atomic E-state index is 6.92. The van der Waals surface area contributed by atoms with Gasteiger partial charge in [0.25, 0.3) is 0 Å². The van der Waals surface area contributed by atoms with Crippen LogP contribution in [0.25, 0.3) is 0 Å². The topological polar surface area (TPSA) is 45.4 Å². The summed E-state index contributed by atoms with van der Waals surface area (Å²) in [6.07, 6.45) is 1.95. The summed E-state index contributed by atoms with van der Waals surface area (Å²) in [7, 11) is 1.60. The van der Waals surface area contributed by atoms with Gasteiger partial charge in [0.05, 0.1) is 7.11 Å². The molecule has 1 N–H and O–H groups in total. The lowest BCUT2D eigenvalue weighted by atomic mass is 10.3. The molecule has 0 radical (unpaired) electrons. The molecule has 3 nitrogen and oxygen atoms in total. The van der Waals surface area contributed by atoms with Crippen molar-refractivity contribution < 1.29 is 4.74 Å². The first-order chi connectivity index (χ1) is 5.81. The Labute approximate surface area is 75.6 Å². The lowest BCUT2D eigenvalue weighted by molar-refractivity contribution is 0.414. The molecular formula is C8H10N2OS. The smallest absolute Gasteiger partial charge is 0.121 e. The predicted octanol–water partition coefficient (Wildman–Crippen LogP) is 3.08. The summed E-state index contributed by atoms with van der Waals surface area (Å²) >= 11 is 1.57. The summed E-state index contributed by atoms with van der Waals surface area (Å²) in [5.41, 5.74) is 7.57. The molecule has 12 heavy (non-hydrogen) atoms. The molecule has 0 saturated heterocycles. The monoisotopic (exact) mass is 182 g/mol. The summed E-state index contributed by atoms with van der Waals surface area (Å²) in [6, 6.07) is 5.51. The van der Waals surface area contributed by atoms with Crippen LogP contribution in [0.4, 0.5) is 5.69 Å². The molecular weight excluding hydrogens is 172 g/mol. The van der Waals surface area contributed by atoms with Crippen molar-refractivity contribution in [3.63, 3.8) is 0 Å². The van der Waals surface area contributed by atoms with E-state index in [1.165, 1.54) is 0 Å². The van der Waals surface area contributed by atoms with Crippen molar-refractivity contribution in [1.29, 1.82) is 5.53 Å². The van der Waals surface area contributed by atoms with E-state index in [-0.39, 0.29) is 0 Å². The third-order valence-corrected chi connectivity index (χ3v) is 2.29. The van der Waals surface area contributed by atoms with Gasteiger partial charge in [-0.05, 0) is 18.4 Å². The van der Waals surface area contributed by atoms with Crippen LogP contribution < -0.4 is 4.74 Å². The Morgan fingerprint density at radius 1 is 1.50 bits per heavy atom.